The molecule has 1 aromatic rings. The minimum absolute atomic E-state index is 0. The van der Waals surface area contributed by atoms with Crippen molar-refractivity contribution >= 4 is 12.4 Å². The standard InChI is InChI=1S/C14H23NO3.ClH/c1-9(2)6-11(15)10-7-12(16-3)14(18-5)13(8-10)17-4;/h7-9,11H,6,15H2,1-5H3;1H/t11-;/m0./s1. The van der Waals surface area contributed by atoms with Crippen LogP contribution in [0.1, 0.15) is 31.9 Å². The lowest BCUT2D eigenvalue weighted by atomic mass is 9.97. The molecule has 0 heterocycles. The topological polar surface area (TPSA) is 53.7 Å². The largest absolute Gasteiger partial charge is 0.493 e. The molecule has 1 atom stereocenters. The third kappa shape index (κ3) is 4.48. The molecule has 1 rings (SSSR count). The van der Waals surface area contributed by atoms with E-state index in [-0.39, 0.29) is 18.4 Å². The Morgan fingerprint density at radius 1 is 1.00 bits per heavy atom. The van der Waals surface area contributed by atoms with Crippen LogP contribution in [0.25, 0.3) is 0 Å². The number of hydrogen-bond donors (Lipinski definition) is 1. The predicted molar refractivity (Wildman–Crippen MR) is 79.7 cm³/mol. The summed E-state index contributed by atoms with van der Waals surface area (Å²) in [5, 5.41) is 0. The van der Waals surface area contributed by atoms with Crippen LogP contribution in [0.2, 0.25) is 0 Å². The van der Waals surface area contributed by atoms with Crippen molar-refractivity contribution in [3.05, 3.63) is 17.7 Å². The molecule has 0 aliphatic heterocycles. The van der Waals surface area contributed by atoms with Gasteiger partial charge in [-0.15, -0.1) is 12.4 Å². The lowest BCUT2D eigenvalue weighted by Gasteiger charge is -2.18. The Balaban J connectivity index is 0.00000324. The second-order valence-corrected chi connectivity index (χ2v) is 4.69. The first-order valence-electron chi connectivity index (χ1n) is 6.09. The third-order valence-corrected chi connectivity index (χ3v) is 2.84. The normalized spacial score (nSPS) is 11.7. The first-order valence-corrected chi connectivity index (χ1v) is 6.09. The van der Waals surface area contributed by atoms with Crippen LogP contribution in [0.3, 0.4) is 0 Å². The van der Waals surface area contributed by atoms with E-state index in [0.717, 1.165) is 12.0 Å². The Bertz CT molecular complexity index is 371. The van der Waals surface area contributed by atoms with E-state index in [0.29, 0.717) is 23.2 Å². The van der Waals surface area contributed by atoms with Crippen molar-refractivity contribution in [3.63, 3.8) is 0 Å². The molecular formula is C14H24ClNO3. The number of benzene rings is 1. The zero-order valence-corrected chi connectivity index (χ0v) is 13.0. The number of rotatable bonds is 6. The number of methoxy groups -OCH3 is 3. The van der Waals surface area contributed by atoms with E-state index in [1.165, 1.54) is 0 Å². The molecule has 0 aromatic heterocycles. The van der Waals surface area contributed by atoms with Gasteiger partial charge in [-0.05, 0) is 30.0 Å². The van der Waals surface area contributed by atoms with Crippen LogP contribution < -0.4 is 19.9 Å². The summed E-state index contributed by atoms with van der Waals surface area (Å²) in [7, 11) is 4.80. The average Bonchev–Trinajstić information content (AvgIpc) is 2.35. The smallest absolute Gasteiger partial charge is 0.203 e. The summed E-state index contributed by atoms with van der Waals surface area (Å²) in [6.07, 6.45) is 0.915. The monoisotopic (exact) mass is 289 g/mol. The molecule has 110 valence electrons. The van der Waals surface area contributed by atoms with Gasteiger partial charge in [-0.1, -0.05) is 13.8 Å². The lowest BCUT2D eigenvalue weighted by Crippen LogP contribution is -2.13. The second kappa shape index (κ2) is 8.12. The Morgan fingerprint density at radius 2 is 1.47 bits per heavy atom. The van der Waals surface area contributed by atoms with E-state index in [1.807, 2.05) is 12.1 Å². The van der Waals surface area contributed by atoms with Crippen molar-refractivity contribution in [2.45, 2.75) is 26.3 Å². The highest BCUT2D eigenvalue weighted by Gasteiger charge is 2.17. The van der Waals surface area contributed by atoms with E-state index < -0.39 is 0 Å². The first kappa shape index (κ1) is 17.9. The van der Waals surface area contributed by atoms with Crippen LogP contribution in [0.4, 0.5) is 0 Å². The minimum Gasteiger partial charge on any atom is -0.493 e. The summed E-state index contributed by atoms with van der Waals surface area (Å²) < 4.78 is 15.9. The van der Waals surface area contributed by atoms with E-state index >= 15 is 0 Å². The Kier molecular flexibility index (Phi) is 7.64. The summed E-state index contributed by atoms with van der Waals surface area (Å²) >= 11 is 0. The number of ether oxygens (including phenoxy) is 3. The molecule has 0 unspecified atom stereocenters. The summed E-state index contributed by atoms with van der Waals surface area (Å²) in [6, 6.07) is 3.79. The van der Waals surface area contributed by atoms with Gasteiger partial charge in [0, 0.05) is 6.04 Å². The second-order valence-electron chi connectivity index (χ2n) is 4.69. The van der Waals surface area contributed by atoms with Crippen LogP contribution in [-0.4, -0.2) is 21.3 Å². The van der Waals surface area contributed by atoms with Gasteiger partial charge in [-0.25, -0.2) is 0 Å². The fourth-order valence-electron chi connectivity index (χ4n) is 1.96. The number of halogens is 1. The zero-order chi connectivity index (χ0) is 13.7. The molecule has 0 fully saturated rings. The summed E-state index contributed by atoms with van der Waals surface area (Å²) in [5.41, 5.74) is 7.18. The molecule has 0 saturated carbocycles. The highest BCUT2D eigenvalue weighted by molar-refractivity contribution is 5.85. The molecule has 0 aliphatic rings. The highest BCUT2D eigenvalue weighted by atomic mass is 35.5. The predicted octanol–water partition coefficient (Wildman–Crippen LogP) is 3.18. The van der Waals surface area contributed by atoms with Crippen molar-refractivity contribution in [1.29, 1.82) is 0 Å². The van der Waals surface area contributed by atoms with Gasteiger partial charge in [0.25, 0.3) is 0 Å². The van der Waals surface area contributed by atoms with Crippen LogP contribution >= 0.6 is 12.4 Å². The Hall–Kier alpha value is -1.13. The molecule has 1 aromatic carbocycles. The molecular weight excluding hydrogens is 266 g/mol. The van der Waals surface area contributed by atoms with Gasteiger partial charge in [0.05, 0.1) is 21.3 Å². The van der Waals surface area contributed by atoms with Gasteiger partial charge >= 0.3 is 0 Å². The van der Waals surface area contributed by atoms with Crippen molar-refractivity contribution in [1.82, 2.24) is 0 Å². The number of nitrogens with two attached hydrogens (primary N) is 1. The van der Waals surface area contributed by atoms with Crippen LogP contribution in [0.15, 0.2) is 12.1 Å². The minimum atomic E-state index is -0.0290. The fraction of sp³-hybridized carbons (Fsp3) is 0.571. The van der Waals surface area contributed by atoms with Gasteiger partial charge in [-0.3, -0.25) is 0 Å². The first-order chi connectivity index (χ1) is 8.53. The molecule has 0 amide bonds. The van der Waals surface area contributed by atoms with E-state index in [2.05, 4.69) is 13.8 Å². The Morgan fingerprint density at radius 3 is 1.79 bits per heavy atom. The summed E-state index contributed by atoms with van der Waals surface area (Å²) in [6.45, 7) is 4.30. The molecule has 19 heavy (non-hydrogen) atoms. The van der Waals surface area contributed by atoms with Gasteiger partial charge in [0.1, 0.15) is 0 Å². The van der Waals surface area contributed by atoms with Crippen molar-refractivity contribution in [2.75, 3.05) is 21.3 Å². The van der Waals surface area contributed by atoms with Crippen molar-refractivity contribution in [2.24, 2.45) is 11.7 Å². The molecule has 2 N–H and O–H groups in total. The molecule has 0 aliphatic carbocycles. The summed E-state index contributed by atoms with van der Waals surface area (Å²) in [5.74, 6) is 2.43. The Labute approximate surface area is 121 Å². The average molecular weight is 290 g/mol. The van der Waals surface area contributed by atoms with Gasteiger partial charge in [-0.2, -0.15) is 0 Å². The maximum absolute atomic E-state index is 6.18. The molecule has 5 heteroatoms. The van der Waals surface area contributed by atoms with E-state index in [9.17, 15) is 0 Å². The quantitative estimate of drug-likeness (QED) is 0.874. The van der Waals surface area contributed by atoms with Crippen LogP contribution in [0, 0.1) is 5.92 Å². The molecule has 4 nitrogen and oxygen atoms in total. The highest BCUT2D eigenvalue weighted by Crippen LogP contribution is 2.40. The zero-order valence-electron chi connectivity index (χ0n) is 12.2. The van der Waals surface area contributed by atoms with Crippen LogP contribution in [0.5, 0.6) is 17.2 Å². The molecule has 0 spiro atoms. The van der Waals surface area contributed by atoms with Crippen LogP contribution in [-0.2, 0) is 0 Å². The van der Waals surface area contributed by atoms with E-state index in [1.54, 1.807) is 21.3 Å². The van der Waals surface area contributed by atoms with Gasteiger partial charge in [0.15, 0.2) is 11.5 Å². The SMILES string of the molecule is COc1cc([C@@H](N)CC(C)C)cc(OC)c1OC.Cl. The maximum atomic E-state index is 6.18. The summed E-state index contributed by atoms with van der Waals surface area (Å²) in [4.78, 5) is 0. The van der Waals surface area contributed by atoms with E-state index in [4.69, 9.17) is 19.9 Å². The number of hydrogen-bond acceptors (Lipinski definition) is 4. The fourth-order valence-corrected chi connectivity index (χ4v) is 1.96. The maximum Gasteiger partial charge on any atom is 0.203 e. The van der Waals surface area contributed by atoms with Gasteiger partial charge < -0.3 is 19.9 Å². The van der Waals surface area contributed by atoms with Gasteiger partial charge in [0.2, 0.25) is 5.75 Å². The molecule has 0 saturated heterocycles. The molecule has 0 bridgehead atoms. The third-order valence-electron chi connectivity index (χ3n) is 2.84. The van der Waals surface area contributed by atoms with Crippen molar-refractivity contribution in [3.8, 4) is 17.2 Å². The lowest BCUT2D eigenvalue weighted by molar-refractivity contribution is 0.323. The molecule has 0 radical (unpaired) electrons. The van der Waals surface area contributed by atoms with Crippen molar-refractivity contribution < 1.29 is 14.2 Å².